The number of amides is 1. The van der Waals surface area contributed by atoms with Crippen molar-refractivity contribution in [3.8, 4) is 17.2 Å². The molecule has 8 nitrogen and oxygen atoms in total. The Morgan fingerprint density at radius 3 is 2.38 bits per heavy atom. The molecule has 37 heavy (non-hydrogen) atoms. The molecule has 8 heteroatoms. The van der Waals surface area contributed by atoms with E-state index in [4.69, 9.17) is 18.3 Å². The summed E-state index contributed by atoms with van der Waals surface area (Å²) in [5.74, 6) is -0.920. The number of methoxy groups -OCH3 is 1. The van der Waals surface area contributed by atoms with Gasteiger partial charge in [-0.05, 0) is 48.2 Å². The van der Waals surface area contributed by atoms with Crippen LogP contribution in [-0.2, 0) is 9.59 Å². The van der Waals surface area contributed by atoms with Crippen LogP contribution in [0.2, 0.25) is 0 Å². The highest BCUT2D eigenvalue weighted by Crippen LogP contribution is 2.47. The average molecular weight is 514 g/mol. The molecule has 0 spiro atoms. The van der Waals surface area contributed by atoms with Crippen LogP contribution in [0.15, 0.2) is 42.5 Å². The van der Waals surface area contributed by atoms with Crippen molar-refractivity contribution >= 4 is 11.9 Å². The van der Waals surface area contributed by atoms with Crippen molar-refractivity contribution in [3.63, 3.8) is 0 Å². The quantitative estimate of drug-likeness (QED) is 0.440. The van der Waals surface area contributed by atoms with Crippen LogP contribution in [0.1, 0.15) is 66.7 Å². The lowest BCUT2D eigenvalue weighted by Gasteiger charge is -2.30. The van der Waals surface area contributed by atoms with E-state index in [-0.39, 0.29) is 25.0 Å². The van der Waals surface area contributed by atoms with Crippen LogP contribution < -0.4 is 14.2 Å². The molecular weight excluding hydrogens is 472 g/mol. The first-order valence-corrected chi connectivity index (χ1v) is 13.0. The van der Waals surface area contributed by atoms with Gasteiger partial charge in [0.05, 0.1) is 23.6 Å². The van der Waals surface area contributed by atoms with E-state index in [9.17, 15) is 14.7 Å². The fraction of sp³-hybridized carbons (Fsp3) is 0.517. The Kier molecular flexibility index (Phi) is 7.63. The zero-order valence-corrected chi connectivity index (χ0v) is 21.5. The summed E-state index contributed by atoms with van der Waals surface area (Å²) in [6.07, 6.45) is 3.75. The number of nitrogens with zero attached hydrogens (tertiary/aromatic N) is 2. The van der Waals surface area contributed by atoms with E-state index >= 15 is 0 Å². The Labute approximate surface area is 223 Å². The number of fused-ring (bicyclic) bond motifs is 1. The third kappa shape index (κ3) is 6.01. The first-order valence-electron chi connectivity index (χ1n) is 14.5. The van der Waals surface area contributed by atoms with Gasteiger partial charge in [-0.25, -0.2) is 0 Å². The molecule has 2 aliphatic heterocycles. The van der Waals surface area contributed by atoms with Crippen LogP contribution in [-0.4, -0.2) is 66.8 Å². The molecule has 0 radical (unpaired) electrons. The van der Waals surface area contributed by atoms with E-state index in [1.807, 2.05) is 21.9 Å². The second kappa shape index (κ2) is 12.3. The Hall–Kier alpha value is -3.26. The van der Waals surface area contributed by atoms with Gasteiger partial charge in [0.2, 0.25) is 12.7 Å². The maximum Gasteiger partial charge on any atom is 0.309 e. The number of benzene rings is 2. The lowest BCUT2D eigenvalue weighted by molar-refractivity contribution is -0.144. The number of hydrogen-bond donors (Lipinski definition) is 1. The second-order valence-electron chi connectivity index (χ2n) is 9.72. The number of carbonyl (C=O) groups excluding carboxylic acids is 1. The first kappa shape index (κ1) is 22.9. The molecule has 2 aromatic carbocycles. The molecule has 0 bridgehead atoms. The largest absolute Gasteiger partial charge is 0.497 e. The van der Waals surface area contributed by atoms with Gasteiger partial charge in [-0.3, -0.25) is 14.5 Å². The summed E-state index contributed by atoms with van der Waals surface area (Å²) in [6.45, 7) is 6.07. The smallest absolute Gasteiger partial charge is 0.309 e. The molecule has 200 valence electrons. The minimum Gasteiger partial charge on any atom is -0.497 e. The summed E-state index contributed by atoms with van der Waals surface area (Å²) in [4.78, 5) is 30.3. The number of hydrogen-bond acceptors (Lipinski definition) is 6. The maximum absolute atomic E-state index is 13.6. The molecule has 2 aromatic rings. The van der Waals surface area contributed by atoms with Gasteiger partial charge in [-0.2, -0.15) is 0 Å². The monoisotopic (exact) mass is 513 g/mol. The van der Waals surface area contributed by atoms with Crippen molar-refractivity contribution in [1.29, 1.82) is 0 Å². The fourth-order valence-electron chi connectivity index (χ4n) is 5.34. The van der Waals surface area contributed by atoms with Crippen LogP contribution in [0.25, 0.3) is 0 Å². The van der Waals surface area contributed by atoms with Gasteiger partial charge < -0.3 is 24.2 Å². The highest BCUT2D eigenvalue weighted by Gasteiger charge is 2.48. The van der Waals surface area contributed by atoms with E-state index in [2.05, 4.69) is 13.8 Å². The van der Waals surface area contributed by atoms with Crippen LogP contribution in [0.3, 0.4) is 0 Å². The van der Waals surface area contributed by atoms with Crippen molar-refractivity contribution < 1.29 is 33.0 Å². The van der Waals surface area contributed by atoms with Gasteiger partial charge in [0, 0.05) is 31.6 Å². The molecule has 1 N–H and O–H groups in total. The summed E-state index contributed by atoms with van der Waals surface area (Å²) in [5.41, 5.74) is 1.47. The SMILES string of the molecule is [2H]C([2H])([2H])Oc1ccc([C@H]2C(C(=O)O)[C@@H](c3ccc4c(c3)OCO4)CN2CC(=O)N(CCCC)CCCC)cc1. The van der Waals surface area contributed by atoms with Gasteiger partial charge in [0.1, 0.15) is 5.75 Å². The summed E-state index contributed by atoms with van der Waals surface area (Å²) < 4.78 is 38.1. The molecule has 2 aliphatic rings. The number of unbranched alkanes of at least 4 members (excludes halogenated alkanes) is 2. The van der Waals surface area contributed by atoms with E-state index in [1.54, 1.807) is 18.2 Å². The zero-order valence-electron chi connectivity index (χ0n) is 24.5. The summed E-state index contributed by atoms with van der Waals surface area (Å²) in [7, 11) is -2.60. The molecule has 1 fully saturated rings. The van der Waals surface area contributed by atoms with Crippen molar-refractivity contribution in [3.05, 3.63) is 53.6 Å². The third-order valence-corrected chi connectivity index (χ3v) is 7.30. The van der Waals surface area contributed by atoms with Gasteiger partial charge in [0.25, 0.3) is 0 Å². The van der Waals surface area contributed by atoms with Crippen molar-refractivity contribution in [2.45, 2.75) is 51.5 Å². The minimum absolute atomic E-state index is 0.0234. The summed E-state index contributed by atoms with van der Waals surface area (Å²) in [5, 5.41) is 10.5. The second-order valence-corrected chi connectivity index (χ2v) is 9.72. The normalized spacial score (nSPS) is 22.2. The molecule has 1 saturated heterocycles. The van der Waals surface area contributed by atoms with Crippen molar-refractivity contribution in [2.75, 3.05) is 40.0 Å². The zero-order chi connectivity index (χ0) is 28.9. The van der Waals surface area contributed by atoms with Gasteiger partial charge in [-0.1, -0.05) is 44.9 Å². The highest BCUT2D eigenvalue weighted by molar-refractivity contribution is 5.79. The van der Waals surface area contributed by atoms with Crippen molar-refractivity contribution in [2.24, 2.45) is 5.92 Å². The van der Waals surface area contributed by atoms with Crippen LogP contribution in [0.4, 0.5) is 0 Å². The predicted octanol–water partition coefficient (Wildman–Crippen LogP) is 4.69. The molecule has 2 heterocycles. The molecule has 1 amide bonds. The fourth-order valence-corrected chi connectivity index (χ4v) is 5.34. The number of carboxylic acid groups (broad SMARTS) is 1. The first-order chi connectivity index (χ1) is 19.1. The third-order valence-electron chi connectivity index (χ3n) is 7.30. The highest BCUT2D eigenvalue weighted by atomic mass is 16.7. The summed E-state index contributed by atoms with van der Waals surface area (Å²) >= 11 is 0. The molecule has 3 atom stereocenters. The topological polar surface area (TPSA) is 88.5 Å². The van der Waals surface area contributed by atoms with Gasteiger partial charge in [-0.15, -0.1) is 0 Å². The van der Waals surface area contributed by atoms with Crippen LogP contribution in [0, 0.1) is 5.92 Å². The molecule has 0 aromatic heterocycles. The maximum atomic E-state index is 13.6. The Morgan fingerprint density at radius 2 is 1.73 bits per heavy atom. The number of carbonyl (C=O) groups is 2. The van der Waals surface area contributed by atoms with E-state index in [0.717, 1.165) is 31.2 Å². The van der Waals surface area contributed by atoms with Crippen LogP contribution in [0.5, 0.6) is 17.2 Å². The molecule has 0 saturated carbocycles. The van der Waals surface area contributed by atoms with E-state index in [0.29, 0.717) is 36.7 Å². The Morgan fingerprint density at radius 1 is 1.05 bits per heavy atom. The number of aliphatic carboxylic acids is 1. The van der Waals surface area contributed by atoms with Crippen molar-refractivity contribution in [1.82, 2.24) is 9.80 Å². The molecule has 4 rings (SSSR count). The van der Waals surface area contributed by atoms with Gasteiger partial charge in [0.15, 0.2) is 11.5 Å². The number of ether oxygens (including phenoxy) is 3. The number of rotatable bonds is 12. The number of likely N-dealkylation sites (tertiary alicyclic amines) is 1. The van der Waals surface area contributed by atoms with E-state index in [1.165, 1.54) is 12.1 Å². The molecule has 1 unspecified atom stereocenters. The Balaban J connectivity index is 1.67. The molecule has 0 aliphatic carbocycles. The molecular formula is C29H38N2O6. The minimum atomic E-state index is -2.60. The standard InChI is InChI=1S/C29H38N2O6/c1-4-6-14-30(15-7-5-2)26(32)18-31-17-23(21-10-13-24-25(16-21)37-19-36-24)27(29(33)34)28(31)20-8-11-22(35-3)12-9-20/h8-13,16,23,27-28H,4-7,14-15,17-19H2,1-3H3,(H,33,34)/t23-,27?,28+/m1/s1/i3D3. The van der Waals surface area contributed by atoms with Gasteiger partial charge >= 0.3 is 5.97 Å². The summed E-state index contributed by atoms with van der Waals surface area (Å²) in [6, 6.07) is 11.3. The van der Waals surface area contributed by atoms with Crippen LogP contribution >= 0.6 is 0 Å². The lowest BCUT2D eigenvalue weighted by Crippen LogP contribution is -2.42. The average Bonchev–Trinajstić information content (AvgIpc) is 3.52. The lowest BCUT2D eigenvalue weighted by atomic mass is 9.82. The number of carboxylic acids is 1. The Bertz CT molecular complexity index is 1170. The van der Waals surface area contributed by atoms with E-state index < -0.39 is 30.9 Å². The predicted molar refractivity (Wildman–Crippen MR) is 140 cm³/mol.